The molecule has 5 nitrogen and oxygen atoms in total. The zero-order valence-electron chi connectivity index (χ0n) is 13.6. The lowest BCUT2D eigenvalue weighted by atomic mass is 9.86. The van der Waals surface area contributed by atoms with Crippen LogP contribution in [-0.2, 0) is 9.59 Å². The van der Waals surface area contributed by atoms with Crippen molar-refractivity contribution in [2.24, 2.45) is 5.41 Å². The van der Waals surface area contributed by atoms with E-state index in [0.29, 0.717) is 13.0 Å². The van der Waals surface area contributed by atoms with Crippen LogP contribution in [0.3, 0.4) is 0 Å². The Balaban J connectivity index is 2.02. The molecule has 1 aromatic rings. The molecule has 1 saturated heterocycles. The summed E-state index contributed by atoms with van der Waals surface area (Å²) in [6, 6.07) is 3.77. The molecule has 1 atom stereocenters. The van der Waals surface area contributed by atoms with E-state index in [0.717, 1.165) is 18.4 Å². The predicted octanol–water partition coefficient (Wildman–Crippen LogP) is 2.30. The van der Waals surface area contributed by atoms with Gasteiger partial charge in [-0.15, -0.1) is 0 Å². The van der Waals surface area contributed by atoms with E-state index in [1.54, 1.807) is 17.3 Å². The second-order valence-electron chi connectivity index (χ2n) is 7.09. The van der Waals surface area contributed by atoms with Crippen molar-refractivity contribution >= 4 is 11.8 Å². The normalized spacial score (nSPS) is 16.7. The number of likely N-dealkylation sites (tertiary alicyclic amines) is 1. The van der Waals surface area contributed by atoms with Crippen molar-refractivity contribution in [1.82, 2.24) is 15.2 Å². The van der Waals surface area contributed by atoms with Crippen molar-refractivity contribution < 1.29 is 9.59 Å². The summed E-state index contributed by atoms with van der Waals surface area (Å²) >= 11 is 0. The number of amides is 2. The standard InChI is InChI=1S/C17H25N3O2/c1-17(2,3)10-14(13-6-4-8-18-11-13)19-15(21)12-20-9-5-7-16(20)22/h4,6,8,11,14H,5,7,9-10,12H2,1-3H3,(H,19,21). The van der Waals surface area contributed by atoms with Gasteiger partial charge in [0.2, 0.25) is 11.8 Å². The summed E-state index contributed by atoms with van der Waals surface area (Å²) in [5.74, 6) is -0.0303. The van der Waals surface area contributed by atoms with Crippen LogP contribution in [0.2, 0.25) is 0 Å². The number of rotatable bonds is 5. The molecule has 0 radical (unpaired) electrons. The molecular formula is C17H25N3O2. The van der Waals surface area contributed by atoms with E-state index in [-0.39, 0.29) is 29.8 Å². The number of nitrogens with one attached hydrogen (secondary N) is 1. The smallest absolute Gasteiger partial charge is 0.240 e. The van der Waals surface area contributed by atoms with Gasteiger partial charge in [0.1, 0.15) is 0 Å². The van der Waals surface area contributed by atoms with Crippen LogP contribution in [0.15, 0.2) is 24.5 Å². The van der Waals surface area contributed by atoms with Crippen LogP contribution in [-0.4, -0.2) is 34.8 Å². The summed E-state index contributed by atoms with van der Waals surface area (Å²) in [5.41, 5.74) is 1.08. The molecule has 2 heterocycles. The van der Waals surface area contributed by atoms with E-state index >= 15 is 0 Å². The predicted molar refractivity (Wildman–Crippen MR) is 85.0 cm³/mol. The van der Waals surface area contributed by atoms with Gasteiger partial charge in [-0.05, 0) is 29.9 Å². The largest absolute Gasteiger partial charge is 0.348 e. The number of aromatic nitrogens is 1. The van der Waals surface area contributed by atoms with Crippen LogP contribution >= 0.6 is 0 Å². The minimum absolute atomic E-state index is 0.0731. The van der Waals surface area contributed by atoms with Crippen LogP contribution in [0.25, 0.3) is 0 Å². The van der Waals surface area contributed by atoms with Crippen LogP contribution in [0.1, 0.15) is 51.6 Å². The molecule has 1 N–H and O–H groups in total. The molecule has 22 heavy (non-hydrogen) atoms. The first-order valence-corrected chi connectivity index (χ1v) is 7.82. The molecule has 0 spiro atoms. The van der Waals surface area contributed by atoms with Gasteiger partial charge in [-0.1, -0.05) is 26.8 Å². The quantitative estimate of drug-likeness (QED) is 0.908. The Morgan fingerprint density at radius 2 is 2.23 bits per heavy atom. The molecule has 0 aliphatic carbocycles. The molecule has 2 amide bonds. The van der Waals surface area contributed by atoms with Crippen molar-refractivity contribution in [3.8, 4) is 0 Å². The highest BCUT2D eigenvalue weighted by Crippen LogP contribution is 2.29. The Bertz CT molecular complexity index is 522. The summed E-state index contributed by atoms with van der Waals surface area (Å²) in [6.07, 6.45) is 5.74. The van der Waals surface area contributed by atoms with Crippen LogP contribution in [0.4, 0.5) is 0 Å². The first-order valence-electron chi connectivity index (χ1n) is 7.82. The molecule has 1 aliphatic heterocycles. The maximum Gasteiger partial charge on any atom is 0.240 e. The van der Waals surface area contributed by atoms with Gasteiger partial charge < -0.3 is 10.2 Å². The van der Waals surface area contributed by atoms with E-state index in [9.17, 15) is 9.59 Å². The highest BCUT2D eigenvalue weighted by molar-refractivity contribution is 5.86. The zero-order valence-corrected chi connectivity index (χ0v) is 13.6. The summed E-state index contributed by atoms with van der Waals surface area (Å²) in [7, 11) is 0. The summed E-state index contributed by atoms with van der Waals surface area (Å²) in [6.45, 7) is 7.27. The van der Waals surface area contributed by atoms with E-state index in [1.165, 1.54) is 0 Å². The van der Waals surface area contributed by atoms with Crippen LogP contribution < -0.4 is 5.32 Å². The topological polar surface area (TPSA) is 62.3 Å². The lowest BCUT2D eigenvalue weighted by Gasteiger charge is -2.27. The average Bonchev–Trinajstić information content (AvgIpc) is 2.83. The highest BCUT2D eigenvalue weighted by atomic mass is 16.2. The molecule has 2 rings (SSSR count). The number of carbonyl (C=O) groups excluding carboxylic acids is 2. The van der Waals surface area contributed by atoms with E-state index < -0.39 is 0 Å². The Hall–Kier alpha value is -1.91. The first-order chi connectivity index (χ1) is 10.3. The lowest BCUT2D eigenvalue weighted by molar-refractivity contribution is -0.133. The molecular weight excluding hydrogens is 278 g/mol. The fourth-order valence-electron chi connectivity index (χ4n) is 2.73. The molecule has 0 saturated carbocycles. The van der Waals surface area contributed by atoms with E-state index in [2.05, 4.69) is 31.1 Å². The minimum atomic E-state index is -0.103. The number of nitrogens with zero attached hydrogens (tertiary/aromatic N) is 2. The average molecular weight is 303 g/mol. The molecule has 1 aliphatic rings. The van der Waals surface area contributed by atoms with E-state index in [1.807, 2.05) is 12.1 Å². The van der Waals surface area contributed by atoms with Gasteiger partial charge in [0.05, 0.1) is 12.6 Å². The van der Waals surface area contributed by atoms with Gasteiger partial charge in [0, 0.05) is 25.4 Å². The van der Waals surface area contributed by atoms with Crippen molar-refractivity contribution in [1.29, 1.82) is 0 Å². The zero-order chi connectivity index (χ0) is 16.2. The highest BCUT2D eigenvalue weighted by Gasteiger charge is 2.26. The number of pyridine rings is 1. The Morgan fingerprint density at radius 1 is 1.45 bits per heavy atom. The monoisotopic (exact) mass is 303 g/mol. The van der Waals surface area contributed by atoms with Crippen molar-refractivity contribution in [3.05, 3.63) is 30.1 Å². The molecule has 1 unspecified atom stereocenters. The SMILES string of the molecule is CC(C)(C)CC(NC(=O)CN1CCCC1=O)c1cccnc1. The van der Waals surface area contributed by atoms with E-state index in [4.69, 9.17) is 0 Å². The summed E-state index contributed by atoms with van der Waals surface area (Å²) < 4.78 is 0. The maximum absolute atomic E-state index is 12.3. The third-order valence-corrected chi connectivity index (χ3v) is 3.74. The molecule has 1 fully saturated rings. The molecule has 5 heteroatoms. The van der Waals surface area contributed by atoms with Gasteiger partial charge in [-0.3, -0.25) is 14.6 Å². The third-order valence-electron chi connectivity index (χ3n) is 3.74. The minimum Gasteiger partial charge on any atom is -0.348 e. The second-order valence-corrected chi connectivity index (χ2v) is 7.09. The second kappa shape index (κ2) is 6.90. The van der Waals surface area contributed by atoms with Gasteiger partial charge in [0.15, 0.2) is 0 Å². The van der Waals surface area contributed by atoms with Crippen molar-refractivity contribution in [2.45, 2.75) is 46.1 Å². The molecule has 0 bridgehead atoms. The Labute approximate surface area is 132 Å². The fraction of sp³-hybridized carbons (Fsp3) is 0.588. The number of hydrogen-bond donors (Lipinski definition) is 1. The molecule has 1 aromatic heterocycles. The summed E-state index contributed by atoms with van der Waals surface area (Å²) in [5, 5.41) is 3.06. The molecule has 0 aromatic carbocycles. The van der Waals surface area contributed by atoms with Crippen LogP contribution in [0.5, 0.6) is 0 Å². The maximum atomic E-state index is 12.3. The van der Waals surface area contributed by atoms with Crippen LogP contribution in [0, 0.1) is 5.41 Å². The van der Waals surface area contributed by atoms with Crippen molar-refractivity contribution in [2.75, 3.05) is 13.1 Å². The number of carbonyl (C=O) groups is 2. The van der Waals surface area contributed by atoms with Gasteiger partial charge >= 0.3 is 0 Å². The van der Waals surface area contributed by atoms with Gasteiger partial charge in [0.25, 0.3) is 0 Å². The third kappa shape index (κ3) is 4.83. The lowest BCUT2D eigenvalue weighted by Crippen LogP contribution is -2.40. The van der Waals surface area contributed by atoms with Gasteiger partial charge in [-0.2, -0.15) is 0 Å². The first kappa shape index (κ1) is 16.5. The Morgan fingerprint density at radius 3 is 2.77 bits per heavy atom. The number of hydrogen-bond acceptors (Lipinski definition) is 3. The van der Waals surface area contributed by atoms with Crippen molar-refractivity contribution in [3.63, 3.8) is 0 Å². The van der Waals surface area contributed by atoms with Gasteiger partial charge in [-0.25, -0.2) is 0 Å². The fourth-order valence-corrected chi connectivity index (χ4v) is 2.73. The Kier molecular flexibility index (Phi) is 5.16. The summed E-state index contributed by atoms with van der Waals surface area (Å²) in [4.78, 5) is 29.7. The molecule has 120 valence electrons.